The van der Waals surface area contributed by atoms with Gasteiger partial charge in [0.25, 0.3) is 0 Å². The van der Waals surface area contributed by atoms with Gasteiger partial charge in [-0.25, -0.2) is 0 Å². The molecule has 0 saturated carbocycles. The standard InChI is InChI=1S/C10H16Cl2N2S/c1-3-13-5-7(2)14-6-8-4-9(11)15-10(8)12/h4,7,13-14H,3,5-6H2,1-2H3. The van der Waals surface area contributed by atoms with Crippen molar-refractivity contribution < 1.29 is 0 Å². The number of hydrogen-bond donors (Lipinski definition) is 2. The summed E-state index contributed by atoms with van der Waals surface area (Å²) in [5.74, 6) is 0. The van der Waals surface area contributed by atoms with E-state index in [4.69, 9.17) is 23.2 Å². The Morgan fingerprint density at radius 2 is 2.20 bits per heavy atom. The van der Waals surface area contributed by atoms with Crippen molar-refractivity contribution in [3.63, 3.8) is 0 Å². The fraction of sp³-hybridized carbons (Fsp3) is 0.600. The molecule has 0 spiro atoms. The lowest BCUT2D eigenvalue weighted by atomic mass is 10.3. The Balaban J connectivity index is 2.33. The van der Waals surface area contributed by atoms with Gasteiger partial charge in [-0.2, -0.15) is 0 Å². The molecule has 1 aromatic rings. The molecule has 0 fully saturated rings. The van der Waals surface area contributed by atoms with E-state index in [-0.39, 0.29) is 0 Å². The molecule has 1 unspecified atom stereocenters. The average molecular weight is 267 g/mol. The fourth-order valence-corrected chi connectivity index (χ4v) is 2.70. The zero-order chi connectivity index (χ0) is 11.3. The van der Waals surface area contributed by atoms with Crippen molar-refractivity contribution in [2.75, 3.05) is 13.1 Å². The molecule has 1 heterocycles. The van der Waals surface area contributed by atoms with Crippen LogP contribution in [0.1, 0.15) is 19.4 Å². The first kappa shape index (κ1) is 13.3. The smallest absolute Gasteiger partial charge is 0.0989 e. The molecule has 0 aliphatic rings. The average Bonchev–Trinajstić information content (AvgIpc) is 2.51. The number of thiophene rings is 1. The van der Waals surface area contributed by atoms with Gasteiger partial charge in [0.2, 0.25) is 0 Å². The van der Waals surface area contributed by atoms with Gasteiger partial charge < -0.3 is 10.6 Å². The van der Waals surface area contributed by atoms with Crippen LogP contribution >= 0.6 is 34.5 Å². The van der Waals surface area contributed by atoms with Gasteiger partial charge in [-0.1, -0.05) is 30.1 Å². The summed E-state index contributed by atoms with van der Waals surface area (Å²) in [5, 5.41) is 6.67. The third-order valence-corrected chi connectivity index (χ3v) is 3.64. The van der Waals surface area contributed by atoms with Gasteiger partial charge >= 0.3 is 0 Å². The minimum absolute atomic E-state index is 0.430. The minimum atomic E-state index is 0.430. The molecular formula is C10H16Cl2N2S. The molecule has 0 bridgehead atoms. The zero-order valence-corrected chi connectivity index (χ0v) is 11.3. The molecule has 0 aromatic carbocycles. The molecule has 1 atom stereocenters. The molecule has 5 heteroatoms. The molecule has 0 aliphatic heterocycles. The molecule has 1 rings (SSSR count). The van der Waals surface area contributed by atoms with Crippen LogP contribution in [0.2, 0.25) is 8.67 Å². The molecule has 2 nitrogen and oxygen atoms in total. The molecule has 2 N–H and O–H groups in total. The predicted molar refractivity (Wildman–Crippen MR) is 69.2 cm³/mol. The second kappa shape index (κ2) is 6.71. The van der Waals surface area contributed by atoms with E-state index in [0.717, 1.165) is 33.9 Å². The summed E-state index contributed by atoms with van der Waals surface area (Å²) in [7, 11) is 0. The van der Waals surface area contributed by atoms with Gasteiger partial charge in [-0.3, -0.25) is 0 Å². The van der Waals surface area contributed by atoms with E-state index in [1.54, 1.807) is 0 Å². The fourth-order valence-electron chi connectivity index (χ4n) is 1.21. The van der Waals surface area contributed by atoms with E-state index in [1.165, 1.54) is 11.3 Å². The van der Waals surface area contributed by atoms with Crippen molar-refractivity contribution in [3.05, 3.63) is 20.3 Å². The quantitative estimate of drug-likeness (QED) is 0.827. The van der Waals surface area contributed by atoms with Gasteiger partial charge in [0, 0.05) is 19.1 Å². The van der Waals surface area contributed by atoms with Crippen LogP contribution in [0.15, 0.2) is 6.07 Å². The van der Waals surface area contributed by atoms with Gasteiger partial charge in [0.1, 0.15) is 0 Å². The normalized spacial score (nSPS) is 13.1. The second-order valence-corrected chi connectivity index (χ2v) is 5.72. The lowest BCUT2D eigenvalue weighted by Crippen LogP contribution is -2.35. The highest BCUT2D eigenvalue weighted by Crippen LogP contribution is 2.30. The van der Waals surface area contributed by atoms with Crippen LogP contribution in [-0.4, -0.2) is 19.1 Å². The van der Waals surface area contributed by atoms with Crippen molar-refractivity contribution in [2.45, 2.75) is 26.4 Å². The molecule has 0 aliphatic carbocycles. The van der Waals surface area contributed by atoms with Crippen LogP contribution in [-0.2, 0) is 6.54 Å². The molecular weight excluding hydrogens is 251 g/mol. The van der Waals surface area contributed by atoms with E-state index in [1.807, 2.05) is 6.07 Å². The van der Waals surface area contributed by atoms with Crippen LogP contribution in [0.25, 0.3) is 0 Å². The highest BCUT2D eigenvalue weighted by atomic mass is 35.5. The topological polar surface area (TPSA) is 24.1 Å². The van der Waals surface area contributed by atoms with E-state index in [2.05, 4.69) is 24.5 Å². The van der Waals surface area contributed by atoms with Crippen molar-refractivity contribution in [1.82, 2.24) is 10.6 Å². The van der Waals surface area contributed by atoms with Gasteiger partial charge in [0.15, 0.2) is 0 Å². The maximum atomic E-state index is 6.01. The van der Waals surface area contributed by atoms with Crippen molar-refractivity contribution >= 4 is 34.5 Å². The first-order valence-corrected chi connectivity index (χ1v) is 6.58. The van der Waals surface area contributed by atoms with Crippen molar-refractivity contribution in [2.24, 2.45) is 0 Å². The first-order valence-electron chi connectivity index (χ1n) is 5.01. The monoisotopic (exact) mass is 266 g/mol. The Morgan fingerprint density at radius 3 is 2.73 bits per heavy atom. The summed E-state index contributed by atoms with van der Waals surface area (Å²) in [6.07, 6.45) is 0. The zero-order valence-electron chi connectivity index (χ0n) is 8.94. The van der Waals surface area contributed by atoms with Gasteiger partial charge in [-0.15, -0.1) is 11.3 Å². The third-order valence-electron chi connectivity index (χ3n) is 2.07. The first-order chi connectivity index (χ1) is 7.13. The van der Waals surface area contributed by atoms with E-state index >= 15 is 0 Å². The highest BCUT2D eigenvalue weighted by Gasteiger charge is 2.07. The van der Waals surface area contributed by atoms with Gasteiger partial charge in [0.05, 0.1) is 8.67 Å². The number of hydrogen-bond acceptors (Lipinski definition) is 3. The minimum Gasteiger partial charge on any atom is -0.315 e. The Bertz CT molecular complexity index is 302. The summed E-state index contributed by atoms with van der Waals surface area (Å²) in [6, 6.07) is 2.35. The Kier molecular flexibility index (Phi) is 5.94. The predicted octanol–water partition coefficient (Wildman–Crippen LogP) is 3.14. The molecule has 0 saturated heterocycles. The summed E-state index contributed by atoms with van der Waals surface area (Å²) >= 11 is 13.3. The SMILES string of the molecule is CCNCC(C)NCc1cc(Cl)sc1Cl. The van der Waals surface area contributed by atoms with Crippen molar-refractivity contribution in [3.8, 4) is 0 Å². The summed E-state index contributed by atoms with van der Waals surface area (Å²) in [6.45, 7) is 6.98. The van der Waals surface area contributed by atoms with Crippen LogP contribution in [0.3, 0.4) is 0 Å². The molecule has 86 valence electrons. The van der Waals surface area contributed by atoms with E-state index < -0.39 is 0 Å². The van der Waals surface area contributed by atoms with Crippen LogP contribution in [0.5, 0.6) is 0 Å². The van der Waals surface area contributed by atoms with Crippen LogP contribution < -0.4 is 10.6 Å². The Labute approximate surface area is 105 Å². The maximum Gasteiger partial charge on any atom is 0.0989 e. The van der Waals surface area contributed by atoms with Crippen molar-refractivity contribution in [1.29, 1.82) is 0 Å². The van der Waals surface area contributed by atoms with E-state index in [9.17, 15) is 0 Å². The van der Waals surface area contributed by atoms with Crippen LogP contribution in [0.4, 0.5) is 0 Å². The molecule has 0 radical (unpaired) electrons. The number of nitrogens with one attached hydrogen (secondary N) is 2. The number of likely N-dealkylation sites (N-methyl/N-ethyl adjacent to an activating group) is 1. The molecule has 15 heavy (non-hydrogen) atoms. The Hall–Kier alpha value is 0.200. The largest absolute Gasteiger partial charge is 0.315 e. The lowest BCUT2D eigenvalue weighted by molar-refractivity contribution is 0.509. The lowest BCUT2D eigenvalue weighted by Gasteiger charge is -2.13. The van der Waals surface area contributed by atoms with Gasteiger partial charge in [-0.05, 0) is 25.1 Å². The Morgan fingerprint density at radius 1 is 1.47 bits per heavy atom. The number of rotatable bonds is 6. The third kappa shape index (κ3) is 4.70. The summed E-state index contributed by atoms with van der Waals surface area (Å²) in [5.41, 5.74) is 1.08. The van der Waals surface area contributed by atoms with Crippen LogP contribution in [0, 0.1) is 0 Å². The molecule has 1 aromatic heterocycles. The maximum absolute atomic E-state index is 6.01. The number of halogens is 2. The second-order valence-electron chi connectivity index (χ2n) is 3.44. The highest BCUT2D eigenvalue weighted by molar-refractivity contribution is 7.20. The van der Waals surface area contributed by atoms with E-state index in [0.29, 0.717) is 6.04 Å². The molecule has 0 amide bonds. The summed E-state index contributed by atoms with van der Waals surface area (Å²) < 4.78 is 1.53. The summed E-state index contributed by atoms with van der Waals surface area (Å²) in [4.78, 5) is 0.